The molecule has 0 radical (unpaired) electrons. The van der Waals surface area contributed by atoms with Crippen LogP contribution >= 0.6 is 0 Å². The maximum atomic E-state index is 12.4. The van der Waals surface area contributed by atoms with Gasteiger partial charge in [0.2, 0.25) is 0 Å². The van der Waals surface area contributed by atoms with Gasteiger partial charge in [0.1, 0.15) is 91.6 Å². The number of aliphatic hydroxyl groups is 12. The summed E-state index contributed by atoms with van der Waals surface area (Å²) in [6.45, 7) is 7.75. The van der Waals surface area contributed by atoms with Crippen LogP contribution in [-0.2, 0) is 47.4 Å². The zero-order valence-electron chi connectivity index (χ0n) is 41.7. The van der Waals surface area contributed by atoms with Crippen LogP contribution in [-0.4, -0.2) is 229 Å². The molecule has 1 spiro atoms. The van der Waals surface area contributed by atoms with E-state index in [0.717, 1.165) is 58.0 Å². The molecule has 4 aliphatic carbocycles. The molecule has 6 saturated heterocycles. The average molecular weight is 1040 g/mol. The number of ether oxygens (including phenoxy) is 10. The minimum atomic E-state index is -1.90. The van der Waals surface area contributed by atoms with Crippen molar-refractivity contribution in [2.75, 3.05) is 33.0 Å². The summed E-state index contributed by atoms with van der Waals surface area (Å²) in [6, 6.07) is 0. The molecule has 6 heterocycles. The number of fused-ring (bicyclic) bond motifs is 7. The number of hydrogen-bond donors (Lipinski definition) is 12. The maximum Gasteiger partial charge on any atom is 0.187 e. The predicted molar refractivity (Wildman–Crippen MR) is 242 cm³/mol. The van der Waals surface area contributed by atoms with Crippen LogP contribution < -0.4 is 0 Å². The highest BCUT2D eigenvalue weighted by Crippen LogP contribution is 2.71. The molecule has 6 aliphatic heterocycles. The fourth-order valence-electron chi connectivity index (χ4n) is 15.8. The second kappa shape index (κ2) is 21.1. The molecule has 22 nitrogen and oxygen atoms in total. The van der Waals surface area contributed by atoms with Gasteiger partial charge in [-0.3, -0.25) is 0 Å². The molecule has 0 aromatic heterocycles. The van der Waals surface area contributed by atoms with E-state index in [0.29, 0.717) is 48.3 Å². The summed E-state index contributed by atoms with van der Waals surface area (Å²) in [5.74, 6) is 2.71. The first-order valence-corrected chi connectivity index (χ1v) is 26.7. The zero-order valence-corrected chi connectivity index (χ0v) is 41.7. The lowest BCUT2D eigenvalue weighted by Gasteiger charge is -2.61. The molecule has 4 saturated carbocycles. The smallest absolute Gasteiger partial charge is 0.187 e. The van der Waals surface area contributed by atoms with Gasteiger partial charge in [-0.2, -0.15) is 0 Å². The van der Waals surface area contributed by atoms with E-state index in [1.165, 1.54) is 0 Å². The van der Waals surface area contributed by atoms with Gasteiger partial charge in [0.25, 0.3) is 0 Å². The second-order valence-corrected chi connectivity index (χ2v) is 23.9. The van der Waals surface area contributed by atoms with Crippen molar-refractivity contribution in [3.63, 3.8) is 0 Å². The van der Waals surface area contributed by atoms with Crippen LogP contribution in [0.2, 0.25) is 0 Å². The molecular weight excluding hydrogens is 953 g/mol. The third-order valence-corrected chi connectivity index (χ3v) is 20.0. The number of hydrogen-bond acceptors (Lipinski definition) is 22. The SMILES string of the molecule is C[C@H]1CC[C@@]2(OC1)O[C@H]1C[C@H]3[C@@H]4CC[C@@H]5C[C@@H](O[C@@H]6O[C@H](CO[C@@H]7O[C@H](CO)[C@@H](O)[C@H](O)[C@H]7O)[C@@H](O[C@@H]7OC[C@@H](O)[C@@H](O)[C@@H]7O)[C@H](O)[C@H]6O[C@@H]6O[C@H](CO)[C@@H](O)[C@H](O)[C@H]6O)CC[C@]5(C)[C@H]4CC[C@]3(C)[C@H]1[C@@H]2C. The minimum absolute atomic E-state index is 0.0109. The van der Waals surface area contributed by atoms with Crippen LogP contribution in [0, 0.1) is 52.3 Å². The zero-order chi connectivity index (χ0) is 51.3. The van der Waals surface area contributed by atoms with Crippen LogP contribution in [0.1, 0.15) is 91.9 Å². The maximum absolute atomic E-state index is 12.4. The normalized spacial score (nSPS) is 57.8. The van der Waals surface area contributed by atoms with E-state index in [1.54, 1.807) is 0 Å². The van der Waals surface area contributed by atoms with E-state index >= 15 is 0 Å². The lowest BCUT2D eigenvalue weighted by molar-refractivity contribution is -0.392. The highest BCUT2D eigenvalue weighted by atomic mass is 16.8. The summed E-state index contributed by atoms with van der Waals surface area (Å²) in [5, 5.41) is 128. The largest absolute Gasteiger partial charge is 0.394 e. The van der Waals surface area contributed by atoms with E-state index in [-0.39, 0.29) is 22.9 Å². The van der Waals surface area contributed by atoms with Crippen molar-refractivity contribution in [3.8, 4) is 0 Å². The Morgan fingerprint density at radius 3 is 1.86 bits per heavy atom. The highest BCUT2D eigenvalue weighted by molar-refractivity contribution is 5.15. The van der Waals surface area contributed by atoms with Crippen molar-refractivity contribution >= 4 is 0 Å². The molecule has 0 amide bonds. The van der Waals surface area contributed by atoms with Gasteiger partial charge in [-0.25, -0.2) is 0 Å². The Bertz CT molecular complexity index is 1820. The van der Waals surface area contributed by atoms with Crippen LogP contribution in [0.25, 0.3) is 0 Å². The van der Waals surface area contributed by atoms with E-state index in [2.05, 4.69) is 27.7 Å². The van der Waals surface area contributed by atoms with Crippen LogP contribution in [0.15, 0.2) is 0 Å². The van der Waals surface area contributed by atoms with Crippen LogP contribution in [0.5, 0.6) is 0 Å². The lowest BCUT2D eigenvalue weighted by atomic mass is 9.44. The molecule has 12 N–H and O–H groups in total. The second-order valence-electron chi connectivity index (χ2n) is 23.9. The Kier molecular flexibility index (Phi) is 15.9. The first-order chi connectivity index (χ1) is 34.2. The van der Waals surface area contributed by atoms with Gasteiger partial charge < -0.3 is 109 Å². The molecule has 10 rings (SSSR count). The van der Waals surface area contributed by atoms with Gasteiger partial charge in [-0.15, -0.1) is 0 Å². The molecule has 31 atom stereocenters. The quantitative estimate of drug-likeness (QED) is 0.0971. The Morgan fingerprint density at radius 1 is 0.542 bits per heavy atom. The minimum Gasteiger partial charge on any atom is -0.394 e. The summed E-state index contributed by atoms with van der Waals surface area (Å²) in [4.78, 5) is 0. The van der Waals surface area contributed by atoms with Crippen LogP contribution in [0.3, 0.4) is 0 Å². The van der Waals surface area contributed by atoms with E-state index < -0.39 is 155 Å². The summed E-state index contributed by atoms with van der Waals surface area (Å²) in [6.07, 6.45) is -22.4. The first-order valence-electron chi connectivity index (χ1n) is 26.7. The van der Waals surface area contributed by atoms with E-state index in [9.17, 15) is 61.3 Å². The van der Waals surface area contributed by atoms with Gasteiger partial charge in [0, 0.05) is 12.3 Å². The monoisotopic (exact) mass is 1030 g/mol. The van der Waals surface area contributed by atoms with E-state index in [4.69, 9.17) is 47.4 Å². The standard InChI is InChI=1S/C50H82O22/c1-20-7-12-50(65-17-20)21(2)32-28(72-50)14-26-24-6-5-22-13-23(8-10-48(22,3)25(24)9-11-49(26,32)4)66-47-43(71-46-40(61)37(58)35(56)30(16-52)68-46)41(62)42(70-45-38(59)33(54)27(53)18-63-45)31(69-47)19-64-44-39(60)36(57)34(55)29(15-51)67-44/h20-47,51-62H,5-19H2,1-4H3/t20-,21-,22+,23-,24+,25-,26-,27+,28-,29+,30+,31+,32-,33+,34+,35+,36-,37-,38-,39+,40+,41-,42+,43+,44+,45-,46-,47+,48-,49-,50+/m0/s1. The van der Waals surface area contributed by atoms with Crippen molar-refractivity contribution in [2.45, 2.75) is 227 Å². The molecule has 0 bridgehead atoms. The molecule has 10 aliphatic rings. The Labute approximate surface area is 419 Å². The fraction of sp³-hybridized carbons (Fsp3) is 1.00. The van der Waals surface area contributed by atoms with Crippen molar-refractivity contribution < 1.29 is 109 Å². The highest BCUT2D eigenvalue weighted by Gasteiger charge is 2.69. The molecule has 22 heteroatoms. The van der Waals surface area contributed by atoms with Crippen molar-refractivity contribution in [1.82, 2.24) is 0 Å². The molecule has 414 valence electrons. The van der Waals surface area contributed by atoms with Gasteiger partial charge in [-0.05, 0) is 104 Å². The first kappa shape index (κ1) is 54.5. The number of aliphatic hydroxyl groups excluding tert-OH is 12. The van der Waals surface area contributed by atoms with Gasteiger partial charge in [0.15, 0.2) is 30.9 Å². The summed E-state index contributed by atoms with van der Waals surface area (Å²) < 4.78 is 62.1. The van der Waals surface area contributed by atoms with Gasteiger partial charge in [0.05, 0.1) is 45.2 Å². The summed E-state index contributed by atoms with van der Waals surface area (Å²) >= 11 is 0. The molecule has 10 fully saturated rings. The summed E-state index contributed by atoms with van der Waals surface area (Å²) in [5.41, 5.74) is 0.170. The van der Waals surface area contributed by atoms with Crippen molar-refractivity contribution in [1.29, 1.82) is 0 Å². The molecular formula is C50H82O22. The fourth-order valence-corrected chi connectivity index (χ4v) is 15.8. The predicted octanol–water partition coefficient (Wildman–Crippen LogP) is -2.27. The topological polar surface area (TPSA) is 335 Å². The van der Waals surface area contributed by atoms with Gasteiger partial charge >= 0.3 is 0 Å². The van der Waals surface area contributed by atoms with Crippen molar-refractivity contribution in [3.05, 3.63) is 0 Å². The third kappa shape index (κ3) is 9.36. The Hall–Kier alpha value is -0.880. The Morgan fingerprint density at radius 2 is 1.18 bits per heavy atom. The summed E-state index contributed by atoms with van der Waals surface area (Å²) in [7, 11) is 0. The van der Waals surface area contributed by atoms with E-state index in [1.807, 2.05) is 0 Å². The number of rotatable bonds is 11. The molecule has 0 aromatic rings. The average Bonchev–Trinajstić information content (AvgIpc) is 3.81. The van der Waals surface area contributed by atoms with Gasteiger partial charge in [-0.1, -0.05) is 27.7 Å². The van der Waals surface area contributed by atoms with Crippen molar-refractivity contribution in [2.24, 2.45) is 52.3 Å². The molecule has 0 unspecified atom stereocenters. The lowest BCUT2D eigenvalue weighted by Crippen LogP contribution is -2.67. The Balaban J connectivity index is 0.884. The molecule has 0 aromatic carbocycles. The van der Waals surface area contributed by atoms with Crippen LogP contribution in [0.4, 0.5) is 0 Å². The molecule has 72 heavy (non-hydrogen) atoms. The third-order valence-electron chi connectivity index (χ3n) is 20.0.